The van der Waals surface area contributed by atoms with Crippen LogP contribution in [0.15, 0.2) is 36.7 Å². The second-order valence-electron chi connectivity index (χ2n) is 9.27. The van der Waals surface area contributed by atoms with Gasteiger partial charge in [0.05, 0.1) is 6.20 Å². The molecule has 32 heavy (non-hydrogen) atoms. The second-order valence-corrected chi connectivity index (χ2v) is 9.27. The number of hydrogen-bond acceptors (Lipinski definition) is 5. The summed E-state index contributed by atoms with van der Waals surface area (Å²) in [7, 11) is 0. The Bertz CT molecular complexity index is 1030. The highest BCUT2D eigenvalue weighted by Gasteiger charge is 2.16. The quantitative estimate of drug-likeness (QED) is 0.471. The molecule has 7 nitrogen and oxygen atoms in total. The molecule has 0 aliphatic rings. The second kappa shape index (κ2) is 10.9. The largest absolute Gasteiger partial charge is 0.505 e. The van der Waals surface area contributed by atoms with Crippen LogP contribution in [0.3, 0.4) is 0 Å². The van der Waals surface area contributed by atoms with Gasteiger partial charge in [0.15, 0.2) is 17.2 Å². The summed E-state index contributed by atoms with van der Waals surface area (Å²) in [6, 6.07) is 6.05. The van der Waals surface area contributed by atoms with Crippen LogP contribution in [0, 0.1) is 17.7 Å². The molecule has 1 atom stereocenters. The van der Waals surface area contributed by atoms with Crippen LogP contribution in [-0.2, 0) is 4.74 Å². The van der Waals surface area contributed by atoms with Crippen molar-refractivity contribution in [2.24, 2.45) is 11.8 Å². The number of nitrogens with zero attached hydrogens (tertiary/aromatic N) is 2. The molecule has 1 amide bonds. The fourth-order valence-electron chi connectivity index (χ4n) is 3.24. The number of fused-ring (bicyclic) bond motifs is 1. The normalized spacial score (nSPS) is 12.2. The van der Waals surface area contributed by atoms with E-state index in [0.717, 1.165) is 17.4 Å². The minimum absolute atomic E-state index is 0.321. The minimum Gasteiger partial charge on any atom is -0.505 e. The first-order chi connectivity index (χ1) is 15.0. The molecule has 0 saturated heterocycles. The van der Waals surface area contributed by atoms with E-state index in [-0.39, 0.29) is 11.8 Å². The van der Waals surface area contributed by atoms with Crippen LogP contribution in [0.4, 0.5) is 9.18 Å². The standard InChI is InChI=1S/C12H8FN3O.C12H25NO2/c13-10-5-7(1-2-11(10)17)8-3-4-14-12-9(8)6-15-16-12;1-9(2)7-10(3)8-13-11(14)15-12(4,5)6/h1-6,17H,(H,14,15,16);9-10H,7-8H2,1-6H3,(H,13,14). The highest BCUT2D eigenvalue weighted by Crippen LogP contribution is 2.29. The fraction of sp³-hybridized carbons (Fsp3) is 0.458. The van der Waals surface area contributed by atoms with E-state index in [1.54, 1.807) is 24.5 Å². The number of rotatable bonds is 5. The first kappa shape index (κ1) is 25.1. The molecule has 8 heteroatoms. The molecule has 3 N–H and O–H groups in total. The molecule has 174 valence electrons. The third kappa shape index (κ3) is 7.83. The van der Waals surface area contributed by atoms with Crippen LogP contribution >= 0.6 is 0 Å². The molecule has 1 aromatic carbocycles. The number of aromatic amines is 1. The highest BCUT2D eigenvalue weighted by atomic mass is 19.1. The van der Waals surface area contributed by atoms with E-state index in [9.17, 15) is 9.18 Å². The van der Waals surface area contributed by atoms with Crippen molar-refractivity contribution < 1.29 is 19.0 Å². The Morgan fingerprint density at radius 1 is 1.25 bits per heavy atom. The number of ether oxygens (including phenoxy) is 1. The topological polar surface area (TPSA) is 100 Å². The maximum atomic E-state index is 13.3. The molecule has 2 heterocycles. The molecule has 3 rings (SSSR count). The van der Waals surface area contributed by atoms with E-state index in [2.05, 4.69) is 41.3 Å². The van der Waals surface area contributed by atoms with Gasteiger partial charge in [-0.25, -0.2) is 14.2 Å². The summed E-state index contributed by atoms with van der Waals surface area (Å²) in [5, 5.41) is 19.4. The number of nitrogens with one attached hydrogen (secondary N) is 2. The van der Waals surface area contributed by atoms with Crippen molar-refractivity contribution in [2.45, 2.75) is 53.6 Å². The number of carbonyl (C=O) groups is 1. The average molecular weight is 445 g/mol. The number of aromatic nitrogens is 3. The predicted molar refractivity (Wildman–Crippen MR) is 124 cm³/mol. The number of phenolic OH excluding ortho intramolecular Hbond substituents is 1. The summed E-state index contributed by atoms with van der Waals surface area (Å²) < 4.78 is 18.4. The number of aromatic hydroxyl groups is 1. The fourth-order valence-corrected chi connectivity index (χ4v) is 3.24. The zero-order chi connectivity index (χ0) is 23.9. The van der Waals surface area contributed by atoms with Crippen molar-refractivity contribution in [2.75, 3.05) is 6.54 Å². The number of phenols is 1. The third-order valence-electron chi connectivity index (χ3n) is 4.48. The van der Waals surface area contributed by atoms with Crippen molar-refractivity contribution in [3.63, 3.8) is 0 Å². The first-order valence-electron chi connectivity index (χ1n) is 10.7. The molecule has 0 radical (unpaired) electrons. The average Bonchev–Trinajstić information content (AvgIpc) is 3.16. The Morgan fingerprint density at radius 2 is 1.97 bits per heavy atom. The Hall–Kier alpha value is -3.16. The smallest absolute Gasteiger partial charge is 0.407 e. The number of amides is 1. The molecule has 0 fully saturated rings. The lowest BCUT2D eigenvalue weighted by Crippen LogP contribution is -2.35. The minimum atomic E-state index is -0.643. The molecule has 2 aromatic heterocycles. The SMILES string of the molecule is CC(C)CC(C)CNC(=O)OC(C)(C)C.Oc1ccc(-c2ccnc3[nH]ncc23)cc1F. The van der Waals surface area contributed by atoms with Crippen LogP contribution in [0.1, 0.15) is 48.0 Å². The molecule has 0 bridgehead atoms. The zero-order valence-electron chi connectivity index (χ0n) is 19.6. The number of pyridine rings is 1. The van der Waals surface area contributed by atoms with Crippen LogP contribution in [0.25, 0.3) is 22.2 Å². The molecule has 0 aliphatic heterocycles. The predicted octanol–water partition coefficient (Wildman–Crippen LogP) is 5.66. The lowest BCUT2D eigenvalue weighted by molar-refractivity contribution is 0.0518. The van der Waals surface area contributed by atoms with E-state index in [0.29, 0.717) is 29.6 Å². The monoisotopic (exact) mass is 444 g/mol. The van der Waals surface area contributed by atoms with E-state index in [1.807, 2.05) is 20.8 Å². The van der Waals surface area contributed by atoms with Crippen molar-refractivity contribution in [1.29, 1.82) is 0 Å². The van der Waals surface area contributed by atoms with Gasteiger partial charge in [0.25, 0.3) is 0 Å². The van der Waals surface area contributed by atoms with Gasteiger partial charge in [-0.15, -0.1) is 0 Å². The molecule has 3 aromatic rings. The van der Waals surface area contributed by atoms with E-state index >= 15 is 0 Å². The molecule has 0 spiro atoms. The summed E-state index contributed by atoms with van der Waals surface area (Å²) in [6.07, 6.45) is 4.07. The lowest BCUT2D eigenvalue weighted by atomic mass is 9.99. The number of carbonyl (C=O) groups excluding carboxylic acids is 1. The van der Waals surface area contributed by atoms with E-state index in [1.165, 1.54) is 12.1 Å². The first-order valence-corrected chi connectivity index (χ1v) is 10.7. The summed E-state index contributed by atoms with van der Waals surface area (Å²) in [5.41, 5.74) is 1.73. The van der Waals surface area contributed by atoms with Gasteiger partial charge < -0.3 is 15.2 Å². The van der Waals surface area contributed by atoms with Gasteiger partial charge in [0.2, 0.25) is 0 Å². The van der Waals surface area contributed by atoms with Crippen molar-refractivity contribution in [3.05, 3.63) is 42.5 Å². The summed E-state index contributed by atoms with van der Waals surface area (Å²) in [6.45, 7) is 12.8. The Balaban J connectivity index is 0.000000230. The summed E-state index contributed by atoms with van der Waals surface area (Å²) in [4.78, 5) is 15.4. The Kier molecular flexibility index (Phi) is 8.57. The lowest BCUT2D eigenvalue weighted by Gasteiger charge is -2.21. The number of halogens is 1. The maximum absolute atomic E-state index is 13.3. The van der Waals surface area contributed by atoms with Gasteiger partial charge in [-0.3, -0.25) is 5.10 Å². The van der Waals surface area contributed by atoms with Crippen molar-refractivity contribution in [1.82, 2.24) is 20.5 Å². The highest BCUT2D eigenvalue weighted by molar-refractivity contribution is 5.92. The summed E-state index contributed by atoms with van der Waals surface area (Å²) in [5.74, 6) is 0.167. The van der Waals surface area contributed by atoms with Gasteiger partial charge in [-0.2, -0.15) is 5.10 Å². The van der Waals surface area contributed by atoms with Gasteiger partial charge >= 0.3 is 6.09 Å². The number of alkyl carbamates (subject to hydrolysis) is 1. The van der Waals surface area contributed by atoms with Crippen LogP contribution < -0.4 is 5.32 Å². The number of H-pyrrole nitrogens is 1. The molecule has 0 saturated carbocycles. The van der Waals surface area contributed by atoms with E-state index in [4.69, 9.17) is 9.84 Å². The van der Waals surface area contributed by atoms with Crippen molar-refractivity contribution in [3.8, 4) is 16.9 Å². The van der Waals surface area contributed by atoms with Gasteiger partial charge in [0.1, 0.15) is 5.60 Å². The van der Waals surface area contributed by atoms with Gasteiger partial charge in [-0.05, 0) is 68.4 Å². The zero-order valence-corrected chi connectivity index (χ0v) is 19.6. The Morgan fingerprint density at radius 3 is 2.59 bits per heavy atom. The Labute approximate surface area is 188 Å². The number of hydrogen-bond donors (Lipinski definition) is 3. The van der Waals surface area contributed by atoms with Gasteiger partial charge in [0, 0.05) is 18.1 Å². The van der Waals surface area contributed by atoms with Crippen LogP contribution in [0.2, 0.25) is 0 Å². The van der Waals surface area contributed by atoms with E-state index < -0.39 is 11.4 Å². The molecular formula is C24H33FN4O3. The van der Waals surface area contributed by atoms with Crippen molar-refractivity contribution >= 4 is 17.1 Å². The van der Waals surface area contributed by atoms with Crippen LogP contribution in [-0.4, -0.2) is 38.5 Å². The third-order valence-corrected chi connectivity index (χ3v) is 4.48. The molecule has 1 unspecified atom stereocenters. The summed E-state index contributed by atoms with van der Waals surface area (Å²) >= 11 is 0. The van der Waals surface area contributed by atoms with Gasteiger partial charge in [-0.1, -0.05) is 26.8 Å². The molecular weight excluding hydrogens is 411 g/mol. The maximum Gasteiger partial charge on any atom is 0.407 e. The molecule has 0 aliphatic carbocycles. The van der Waals surface area contributed by atoms with Crippen LogP contribution in [0.5, 0.6) is 5.75 Å². The number of benzene rings is 1.